The fourth-order valence-corrected chi connectivity index (χ4v) is 2.66. The summed E-state index contributed by atoms with van der Waals surface area (Å²) < 4.78 is 40.9. The molecule has 0 aliphatic carbocycles. The fraction of sp³-hybridized carbons (Fsp3) is 0.500. The Balaban J connectivity index is 1.95. The zero-order valence-electron chi connectivity index (χ0n) is 13.5. The van der Waals surface area contributed by atoms with Crippen LogP contribution in [0.25, 0.3) is 0 Å². The Morgan fingerprint density at radius 1 is 1.38 bits per heavy atom. The number of benzene rings is 1. The summed E-state index contributed by atoms with van der Waals surface area (Å²) in [5.41, 5.74) is 0.655. The molecule has 0 spiro atoms. The summed E-state index contributed by atoms with van der Waals surface area (Å²) in [5.74, 6) is 0.346. The van der Waals surface area contributed by atoms with Crippen molar-refractivity contribution in [2.45, 2.75) is 6.10 Å². The van der Waals surface area contributed by atoms with Gasteiger partial charge in [0, 0.05) is 12.2 Å². The van der Waals surface area contributed by atoms with Crippen LogP contribution in [0.5, 0.6) is 5.75 Å². The number of amides is 2. The van der Waals surface area contributed by atoms with Crippen molar-refractivity contribution in [1.29, 1.82) is 0 Å². The number of carbonyl (C=O) groups is 1. The van der Waals surface area contributed by atoms with Crippen LogP contribution >= 0.6 is 0 Å². The molecular weight excluding hydrogens is 338 g/mol. The monoisotopic (exact) mass is 359 g/mol. The molecule has 0 bridgehead atoms. The molecule has 10 heteroatoms. The van der Waals surface area contributed by atoms with Crippen LogP contribution in [0.1, 0.15) is 0 Å². The smallest absolute Gasteiger partial charge is 0.319 e. The van der Waals surface area contributed by atoms with Gasteiger partial charge in [-0.3, -0.25) is 4.72 Å². The number of methoxy groups -OCH3 is 1. The van der Waals surface area contributed by atoms with E-state index in [1.807, 2.05) is 0 Å². The first kappa shape index (κ1) is 18.3. The number of hydrogen-bond acceptors (Lipinski definition) is 6. The Bertz CT molecular complexity index is 673. The maximum absolute atomic E-state index is 11.9. The van der Waals surface area contributed by atoms with Crippen molar-refractivity contribution in [2.24, 2.45) is 0 Å². The normalized spacial score (nSPS) is 17.8. The molecule has 1 heterocycles. The molecule has 0 aromatic heterocycles. The van der Waals surface area contributed by atoms with Gasteiger partial charge < -0.3 is 24.8 Å². The highest BCUT2D eigenvalue weighted by Crippen LogP contribution is 2.28. The summed E-state index contributed by atoms with van der Waals surface area (Å²) in [6.45, 7) is 1.82. The van der Waals surface area contributed by atoms with Crippen LogP contribution in [0.15, 0.2) is 18.2 Å². The number of ether oxygens (including phenoxy) is 3. The number of nitrogens with one attached hydrogen (secondary N) is 3. The van der Waals surface area contributed by atoms with E-state index in [1.165, 1.54) is 13.2 Å². The largest absolute Gasteiger partial charge is 0.495 e. The lowest BCUT2D eigenvalue weighted by Gasteiger charge is -2.23. The third-order valence-electron chi connectivity index (χ3n) is 3.13. The standard InChI is InChI=1S/C14H21N3O6S/c1-21-13-4-3-10(7-12(13)17-24(2,19)20)16-14(18)15-8-11-9-22-5-6-23-11/h3-4,7,11,17H,5-6,8-9H2,1-2H3,(H2,15,16,18)/t11-/m0/s1. The van der Waals surface area contributed by atoms with Gasteiger partial charge in [0.1, 0.15) is 5.75 Å². The zero-order valence-corrected chi connectivity index (χ0v) is 14.3. The summed E-state index contributed by atoms with van der Waals surface area (Å²) in [4.78, 5) is 11.9. The highest BCUT2D eigenvalue weighted by atomic mass is 32.2. The van der Waals surface area contributed by atoms with Gasteiger partial charge in [-0.05, 0) is 18.2 Å². The van der Waals surface area contributed by atoms with Crippen LogP contribution in [-0.2, 0) is 19.5 Å². The van der Waals surface area contributed by atoms with E-state index in [0.717, 1.165) is 6.26 Å². The van der Waals surface area contributed by atoms with E-state index >= 15 is 0 Å². The van der Waals surface area contributed by atoms with Crippen molar-refractivity contribution < 1.29 is 27.4 Å². The fourth-order valence-electron chi connectivity index (χ4n) is 2.10. The molecule has 134 valence electrons. The molecule has 1 aromatic rings. The molecule has 1 saturated heterocycles. The summed E-state index contributed by atoms with van der Waals surface area (Å²) in [5, 5.41) is 5.29. The van der Waals surface area contributed by atoms with Crippen LogP contribution < -0.4 is 20.1 Å². The molecule has 0 saturated carbocycles. The third kappa shape index (κ3) is 5.87. The highest BCUT2D eigenvalue weighted by Gasteiger charge is 2.15. The van der Waals surface area contributed by atoms with Crippen LogP contribution in [0.3, 0.4) is 0 Å². The van der Waals surface area contributed by atoms with Crippen molar-refractivity contribution in [3.8, 4) is 5.75 Å². The van der Waals surface area contributed by atoms with Gasteiger partial charge in [0.25, 0.3) is 0 Å². The van der Waals surface area contributed by atoms with Gasteiger partial charge in [-0.15, -0.1) is 0 Å². The molecular formula is C14H21N3O6S. The van der Waals surface area contributed by atoms with Crippen LogP contribution in [0.2, 0.25) is 0 Å². The third-order valence-corrected chi connectivity index (χ3v) is 3.72. The first-order valence-electron chi connectivity index (χ1n) is 7.27. The predicted octanol–water partition coefficient (Wildman–Crippen LogP) is 0.604. The molecule has 1 aliphatic rings. The van der Waals surface area contributed by atoms with Gasteiger partial charge in [0.05, 0.1) is 45.0 Å². The Labute approximate surface area is 140 Å². The van der Waals surface area contributed by atoms with Gasteiger partial charge in [-0.1, -0.05) is 0 Å². The van der Waals surface area contributed by atoms with E-state index in [4.69, 9.17) is 14.2 Å². The number of anilines is 2. The van der Waals surface area contributed by atoms with E-state index in [9.17, 15) is 13.2 Å². The van der Waals surface area contributed by atoms with E-state index in [1.54, 1.807) is 12.1 Å². The SMILES string of the molecule is COc1ccc(NC(=O)NC[C@H]2COCCO2)cc1NS(C)(=O)=O. The first-order valence-corrected chi connectivity index (χ1v) is 9.16. The minimum Gasteiger partial charge on any atom is -0.495 e. The second-order valence-corrected chi connectivity index (χ2v) is 6.94. The predicted molar refractivity (Wildman–Crippen MR) is 89.0 cm³/mol. The number of rotatable bonds is 6. The average Bonchev–Trinajstić information content (AvgIpc) is 2.53. The van der Waals surface area contributed by atoms with Crippen LogP contribution in [-0.4, -0.2) is 60.3 Å². The highest BCUT2D eigenvalue weighted by molar-refractivity contribution is 7.92. The van der Waals surface area contributed by atoms with Crippen molar-refractivity contribution >= 4 is 27.4 Å². The average molecular weight is 359 g/mol. The summed E-state index contributed by atoms with van der Waals surface area (Å²) >= 11 is 0. The molecule has 2 amide bonds. The molecule has 0 unspecified atom stereocenters. The molecule has 24 heavy (non-hydrogen) atoms. The van der Waals surface area contributed by atoms with E-state index in [-0.39, 0.29) is 11.8 Å². The van der Waals surface area contributed by atoms with Gasteiger partial charge in [0.15, 0.2) is 0 Å². The molecule has 1 atom stereocenters. The van der Waals surface area contributed by atoms with Gasteiger partial charge in [0.2, 0.25) is 10.0 Å². The molecule has 3 N–H and O–H groups in total. The van der Waals surface area contributed by atoms with Gasteiger partial charge in [-0.25, -0.2) is 13.2 Å². The molecule has 2 rings (SSSR count). The quantitative estimate of drug-likeness (QED) is 0.685. The van der Waals surface area contributed by atoms with Crippen LogP contribution in [0.4, 0.5) is 16.2 Å². The van der Waals surface area contributed by atoms with E-state index in [0.29, 0.717) is 37.8 Å². The minimum atomic E-state index is -3.47. The van der Waals surface area contributed by atoms with Gasteiger partial charge >= 0.3 is 6.03 Å². The lowest BCUT2D eigenvalue weighted by molar-refractivity contribution is -0.0852. The van der Waals surface area contributed by atoms with E-state index < -0.39 is 16.1 Å². The summed E-state index contributed by atoms with van der Waals surface area (Å²) in [6.07, 6.45) is 0.855. The number of hydrogen-bond donors (Lipinski definition) is 3. The Kier molecular flexibility index (Phi) is 6.23. The second kappa shape index (κ2) is 8.18. The lowest BCUT2D eigenvalue weighted by Crippen LogP contribution is -2.41. The Hall–Kier alpha value is -2.04. The topological polar surface area (TPSA) is 115 Å². The second-order valence-electron chi connectivity index (χ2n) is 5.19. The zero-order chi connectivity index (χ0) is 17.6. The van der Waals surface area contributed by atoms with Crippen molar-refractivity contribution in [3.05, 3.63) is 18.2 Å². The first-order chi connectivity index (χ1) is 11.4. The molecule has 0 radical (unpaired) electrons. The van der Waals surface area contributed by atoms with Crippen molar-refractivity contribution in [2.75, 3.05) is 49.8 Å². The Morgan fingerprint density at radius 2 is 2.17 bits per heavy atom. The summed E-state index contributed by atoms with van der Waals surface area (Å²) in [7, 11) is -2.04. The van der Waals surface area contributed by atoms with Crippen molar-refractivity contribution in [1.82, 2.24) is 5.32 Å². The molecule has 1 aliphatic heterocycles. The maximum Gasteiger partial charge on any atom is 0.319 e. The number of carbonyl (C=O) groups excluding carboxylic acids is 1. The minimum absolute atomic E-state index is 0.178. The van der Waals surface area contributed by atoms with E-state index in [2.05, 4.69) is 15.4 Å². The number of sulfonamides is 1. The molecule has 1 fully saturated rings. The lowest BCUT2D eigenvalue weighted by atomic mass is 10.2. The molecule has 1 aromatic carbocycles. The summed E-state index contributed by atoms with van der Waals surface area (Å²) in [6, 6.07) is 4.20. The maximum atomic E-state index is 11.9. The Morgan fingerprint density at radius 3 is 2.79 bits per heavy atom. The van der Waals surface area contributed by atoms with Crippen LogP contribution in [0, 0.1) is 0 Å². The number of urea groups is 1. The van der Waals surface area contributed by atoms with Gasteiger partial charge in [-0.2, -0.15) is 0 Å². The molecule has 9 nitrogen and oxygen atoms in total. The van der Waals surface area contributed by atoms with Crippen molar-refractivity contribution in [3.63, 3.8) is 0 Å².